The lowest BCUT2D eigenvalue weighted by atomic mass is 9.94. The molecule has 0 aliphatic carbocycles. The van der Waals surface area contributed by atoms with Crippen LogP contribution in [0, 0.1) is 5.82 Å². The molecule has 0 fully saturated rings. The highest BCUT2D eigenvalue weighted by Crippen LogP contribution is 2.38. The number of carboxylic acid groups (broad SMARTS) is 1. The molecule has 0 saturated carbocycles. The molecule has 4 rings (SSSR count). The number of hydrogen-bond acceptors (Lipinski definition) is 4. The smallest absolute Gasteiger partial charge is 0.307 e. The molecule has 0 unspecified atom stereocenters. The van der Waals surface area contributed by atoms with E-state index in [4.69, 9.17) is 5.73 Å². The normalized spacial score (nSPS) is 14.5. The number of aliphatic carboxylic acids is 1. The lowest BCUT2D eigenvalue weighted by Crippen LogP contribution is -2.28. The molecule has 0 aromatic heterocycles. The van der Waals surface area contributed by atoms with Gasteiger partial charge in [0.05, 0.1) is 23.4 Å². The van der Waals surface area contributed by atoms with Crippen molar-refractivity contribution in [3.8, 4) is 0 Å². The van der Waals surface area contributed by atoms with Crippen LogP contribution in [0.4, 0.5) is 15.8 Å². The Balaban J connectivity index is 1.89. The van der Waals surface area contributed by atoms with E-state index in [0.29, 0.717) is 39.3 Å². The lowest BCUT2D eigenvalue weighted by Gasteiger charge is -2.21. The van der Waals surface area contributed by atoms with Gasteiger partial charge in [-0.3, -0.25) is 9.59 Å². The van der Waals surface area contributed by atoms with Gasteiger partial charge in [0, 0.05) is 16.8 Å². The topological polar surface area (TPSA) is 104 Å². The minimum Gasteiger partial charge on any atom is -0.481 e. The second-order valence-electron chi connectivity index (χ2n) is 8.59. The Hall–Kier alpha value is -3.97. The number of fused-ring (bicyclic) bond motifs is 1. The van der Waals surface area contributed by atoms with Crippen molar-refractivity contribution >= 4 is 34.5 Å². The molecular weight excluding hydrogens is 421 g/mol. The molecule has 5 N–H and O–H groups in total. The van der Waals surface area contributed by atoms with Crippen LogP contribution in [0.15, 0.2) is 66.7 Å². The summed E-state index contributed by atoms with van der Waals surface area (Å²) in [5, 5.41) is 15.3. The third kappa shape index (κ3) is 4.78. The maximum Gasteiger partial charge on any atom is 0.307 e. The van der Waals surface area contributed by atoms with Gasteiger partial charge in [0.2, 0.25) is 0 Å². The Morgan fingerprint density at radius 1 is 1.09 bits per heavy atom. The molecule has 168 valence electrons. The quantitative estimate of drug-likeness (QED) is 0.416. The van der Waals surface area contributed by atoms with Crippen LogP contribution in [-0.4, -0.2) is 17.0 Å². The molecule has 0 bridgehead atoms. The van der Waals surface area contributed by atoms with Gasteiger partial charge in [-0.25, -0.2) is 4.39 Å². The van der Waals surface area contributed by atoms with Gasteiger partial charge in [0.15, 0.2) is 0 Å². The number of carbonyl (C=O) groups excluding carboxylic acids is 1. The van der Waals surface area contributed by atoms with Gasteiger partial charge in [-0.2, -0.15) is 0 Å². The monoisotopic (exact) mass is 445 g/mol. The van der Waals surface area contributed by atoms with E-state index in [1.54, 1.807) is 30.3 Å². The standard InChI is InChI=1S/C26H24FN3O3/c1-26(2,28)17-7-4-8-19(13-17)29-24(16-6-3-5-15(11-16)12-22(31)32)23-20-10-9-18(27)14-21(20)30-25(23)33/h3-11,13-14,29H,12,28H2,1-2H3,(H,30,33)(H,31,32)/b24-23-. The molecule has 0 atom stereocenters. The minimum atomic E-state index is -0.952. The van der Waals surface area contributed by atoms with Crippen molar-refractivity contribution in [3.63, 3.8) is 0 Å². The largest absolute Gasteiger partial charge is 0.481 e. The van der Waals surface area contributed by atoms with E-state index < -0.39 is 17.3 Å². The Morgan fingerprint density at radius 2 is 1.85 bits per heavy atom. The van der Waals surface area contributed by atoms with Crippen molar-refractivity contribution in [2.24, 2.45) is 5.73 Å². The third-order valence-corrected chi connectivity index (χ3v) is 5.42. The molecule has 0 saturated heterocycles. The summed E-state index contributed by atoms with van der Waals surface area (Å²) < 4.78 is 13.8. The Kier molecular flexibility index (Phi) is 5.74. The summed E-state index contributed by atoms with van der Waals surface area (Å²) in [5.74, 6) is -1.78. The maximum absolute atomic E-state index is 13.8. The first kappa shape index (κ1) is 22.2. The zero-order chi connectivity index (χ0) is 23.8. The number of benzene rings is 3. The zero-order valence-electron chi connectivity index (χ0n) is 18.3. The molecule has 0 spiro atoms. The highest BCUT2D eigenvalue weighted by molar-refractivity contribution is 6.37. The van der Waals surface area contributed by atoms with Gasteiger partial charge in [0.25, 0.3) is 5.91 Å². The Morgan fingerprint density at radius 3 is 2.58 bits per heavy atom. The lowest BCUT2D eigenvalue weighted by molar-refractivity contribution is -0.136. The highest BCUT2D eigenvalue weighted by Gasteiger charge is 2.29. The molecule has 3 aromatic rings. The molecule has 7 heteroatoms. The second kappa shape index (κ2) is 8.52. The molecule has 0 radical (unpaired) electrons. The fraction of sp³-hybridized carbons (Fsp3) is 0.154. The number of carboxylic acids is 1. The summed E-state index contributed by atoms with van der Waals surface area (Å²) in [4.78, 5) is 24.2. The molecule has 1 amide bonds. The number of carbonyl (C=O) groups is 2. The van der Waals surface area contributed by atoms with E-state index in [1.165, 1.54) is 12.1 Å². The summed E-state index contributed by atoms with van der Waals surface area (Å²) in [6, 6.07) is 18.7. The van der Waals surface area contributed by atoms with Crippen molar-refractivity contribution in [2.75, 3.05) is 10.6 Å². The minimum absolute atomic E-state index is 0.151. The van der Waals surface area contributed by atoms with Crippen molar-refractivity contribution in [2.45, 2.75) is 25.8 Å². The fourth-order valence-electron chi connectivity index (χ4n) is 3.83. The molecule has 1 aliphatic heterocycles. The molecule has 33 heavy (non-hydrogen) atoms. The molecule has 3 aromatic carbocycles. The van der Waals surface area contributed by atoms with Crippen LogP contribution in [-0.2, 0) is 21.5 Å². The van der Waals surface area contributed by atoms with E-state index in [9.17, 15) is 19.1 Å². The van der Waals surface area contributed by atoms with Gasteiger partial charge in [-0.15, -0.1) is 0 Å². The zero-order valence-corrected chi connectivity index (χ0v) is 18.3. The van der Waals surface area contributed by atoms with Gasteiger partial charge < -0.3 is 21.5 Å². The number of rotatable bonds is 6. The van der Waals surface area contributed by atoms with Crippen LogP contribution < -0.4 is 16.4 Å². The molecule has 1 aliphatic rings. The number of halogens is 1. The van der Waals surface area contributed by atoms with E-state index in [-0.39, 0.29) is 12.3 Å². The Labute approximate surface area is 190 Å². The summed E-state index contributed by atoms with van der Waals surface area (Å²) >= 11 is 0. The molecular formula is C26H24FN3O3. The van der Waals surface area contributed by atoms with Gasteiger partial charge in [-0.05, 0) is 66.9 Å². The highest BCUT2D eigenvalue weighted by atomic mass is 19.1. The van der Waals surface area contributed by atoms with E-state index in [2.05, 4.69) is 10.6 Å². The first-order valence-corrected chi connectivity index (χ1v) is 10.4. The van der Waals surface area contributed by atoms with Crippen molar-refractivity contribution in [3.05, 3.63) is 94.8 Å². The summed E-state index contributed by atoms with van der Waals surface area (Å²) in [6.45, 7) is 3.80. The predicted molar refractivity (Wildman–Crippen MR) is 127 cm³/mol. The molecule has 6 nitrogen and oxygen atoms in total. The third-order valence-electron chi connectivity index (χ3n) is 5.42. The second-order valence-corrected chi connectivity index (χ2v) is 8.59. The SMILES string of the molecule is CC(C)(N)c1cccc(N/C(=C2\C(=O)Nc3cc(F)ccc32)c2cccc(CC(=O)O)c2)c1. The van der Waals surface area contributed by atoms with Crippen LogP contribution in [0.25, 0.3) is 11.3 Å². The van der Waals surface area contributed by atoms with Crippen molar-refractivity contribution in [1.29, 1.82) is 0 Å². The predicted octanol–water partition coefficient (Wildman–Crippen LogP) is 4.58. The Bertz CT molecular complexity index is 1290. The summed E-state index contributed by atoms with van der Waals surface area (Å²) in [7, 11) is 0. The first-order valence-electron chi connectivity index (χ1n) is 10.4. The van der Waals surface area contributed by atoms with Crippen LogP contribution in [0.1, 0.15) is 36.1 Å². The first-order chi connectivity index (χ1) is 15.6. The summed E-state index contributed by atoms with van der Waals surface area (Å²) in [6.07, 6.45) is -0.151. The number of nitrogens with two attached hydrogens (primary N) is 1. The number of hydrogen-bond donors (Lipinski definition) is 4. The van der Waals surface area contributed by atoms with Crippen molar-refractivity contribution < 1.29 is 19.1 Å². The summed E-state index contributed by atoms with van der Waals surface area (Å²) in [5.41, 5.74) is 10.3. The number of nitrogens with one attached hydrogen (secondary N) is 2. The molecule has 1 heterocycles. The van der Waals surface area contributed by atoms with Gasteiger partial charge >= 0.3 is 5.97 Å². The number of amides is 1. The van der Waals surface area contributed by atoms with Gasteiger partial charge in [-0.1, -0.05) is 30.3 Å². The average molecular weight is 445 g/mol. The average Bonchev–Trinajstić information content (AvgIpc) is 3.06. The maximum atomic E-state index is 13.8. The van der Waals surface area contributed by atoms with E-state index in [1.807, 2.05) is 38.1 Å². The number of anilines is 2. The van der Waals surface area contributed by atoms with E-state index in [0.717, 1.165) is 5.56 Å². The van der Waals surface area contributed by atoms with Crippen LogP contribution in [0.3, 0.4) is 0 Å². The van der Waals surface area contributed by atoms with E-state index >= 15 is 0 Å². The van der Waals surface area contributed by atoms with Crippen LogP contribution >= 0.6 is 0 Å². The van der Waals surface area contributed by atoms with Crippen LogP contribution in [0.2, 0.25) is 0 Å². The van der Waals surface area contributed by atoms with Gasteiger partial charge in [0.1, 0.15) is 5.82 Å². The van der Waals surface area contributed by atoms with Crippen LogP contribution in [0.5, 0.6) is 0 Å². The van der Waals surface area contributed by atoms with Crippen molar-refractivity contribution in [1.82, 2.24) is 0 Å². The fourth-order valence-corrected chi connectivity index (χ4v) is 3.83.